The molecule has 2 heteroatoms. The van der Waals surface area contributed by atoms with E-state index < -0.39 is 0 Å². The number of nitrogens with zero attached hydrogens (tertiary/aromatic N) is 1. The van der Waals surface area contributed by atoms with E-state index in [4.69, 9.17) is 4.74 Å². The average molecular weight is 287 g/mol. The smallest absolute Gasteiger partial charge is 0.154 e. The minimum Gasteiger partial charge on any atom is -0.453 e. The van der Waals surface area contributed by atoms with E-state index in [1.165, 1.54) is 5.56 Å². The summed E-state index contributed by atoms with van der Waals surface area (Å²) in [5.74, 6) is 1.83. The van der Waals surface area contributed by atoms with E-state index in [0.717, 1.165) is 34.1 Å². The van der Waals surface area contributed by atoms with E-state index in [2.05, 4.69) is 67.3 Å². The molecule has 0 atom stereocenters. The van der Waals surface area contributed by atoms with E-state index in [0.29, 0.717) is 0 Å². The molecule has 22 heavy (non-hydrogen) atoms. The lowest BCUT2D eigenvalue weighted by Gasteiger charge is -2.33. The first-order valence-corrected chi connectivity index (χ1v) is 7.47. The molecule has 0 saturated carbocycles. The van der Waals surface area contributed by atoms with Crippen molar-refractivity contribution in [2.24, 2.45) is 0 Å². The minimum absolute atomic E-state index is 0.894. The maximum Gasteiger partial charge on any atom is 0.154 e. The number of para-hydroxylation sites is 3. The molecule has 0 amide bonds. The van der Waals surface area contributed by atoms with E-state index in [1.54, 1.807) is 0 Å². The van der Waals surface area contributed by atoms with Crippen LogP contribution in [0.2, 0.25) is 0 Å². The molecule has 0 N–H and O–H groups in total. The summed E-state index contributed by atoms with van der Waals surface area (Å²) in [6.07, 6.45) is 0. The minimum atomic E-state index is 0.894. The summed E-state index contributed by atoms with van der Waals surface area (Å²) in [6.45, 7) is 4.20. The maximum atomic E-state index is 6.15. The van der Waals surface area contributed by atoms with Crippen molar-refractivity contribution in [1.29, 1.82) is 0 Å². The summed E-state index contributed by atoms with van der Waals surface area (Å²) < 4.78 is 6.15. The molecule has 4 rings (SSSR count). The Bertz CT molecular complexity index is 854. The number of ether oxygens (including phenoxy) is 1. The van der Waals surface area contributed by atoms with Gasteiger partial charge in [-0.05, 0) is 55.3 Å². The van der Waals surface area contributed by atoms with Crippen LogP contribution in [0.4, 0.5) is 17.1 Å². The predicted molar refractivity (Wildman–Crippen MR) is 90.7 cm³/mol. The molecule has 0 fully saturated rings. The van der Waals surface area contributed by atoms with Gasteiger partial charge < -0.3 is 9.64 Å². The van der Waals surface area contributed by atoms with E-state index >= 15 is 0 Å². The summed E-state index contributed by atoms with van der Waals surface area (Å²) in [5.41, 5.74) is 5.71. The molecule has 0 bridgehead atoms. The molecule has 3 aromatic rings. The van der Waals surface area contributed by atoms with Gasteiger partial charge in [-0.3, -0.25) is 0 Å². The van der Waals surface area contributed by atoms with Gasteiger partial charge in [0.05, 0.1) is 11.4 Å². The Morgan fingerprint density at radius 2 is 1.55 bits per heavy atom. The first kappa shape index (κ1) is 13.0. The van der Waals surface area contributed by atoms with Crippen molar-refractivity contribution in [1.82, 2.24) is 0 Å². The molecule has 0 aliphatic carbocycles. The molecule has 0 radical (unpaired) electrons. The van der Waals surface area contributed by atoms with Gasteiger partial charge in [0.2, 0.25) is 0 Å². The van der Waals surface area contributed by atoms with Crippen LogP contribution in [-0.2, 0) is 0 Å². The highest BCUT2D eigenvalue weighted by Gasteiger charge is 2.26. The number of anilines is 3. The zero-order valence-electron chi connectivity index (χ0n) is 12.7. The van der Waals surface area contributed by atoms with Crippen molar-refractivity contribution >= 4 is 17.1 Å². The van der Waals surface area contributed by atoms with E-state index in [-0.39, 0.29) is 0 Å². The first-order valence-electron chi connectivity index (χ1n) is 7.47. The quantitative estimate of drug-likeness (QED) is 0.433. The number of hydrogen-bond acceptors (Lipinski definition) is 2. The summed E-state index contributed by atoms with van der Waals surface area (Å²) in [5, 5.41) is 0. The normalized spacial score (nSPS) is 12.4. The van der Waals surface area contributed by atoms with Crippen LogP contribution in [-0.4, -0.2) is 0 Å². The number of rotatable bonds is 1. The highest BCUT2D eigenvalue weighted by atomic mass is 16.5. The van der Waals surface area contributed by atoms with Crippen molar-refractivity contribution < 1.29 is 4.74 Å². The lowest BCUT2D eigenvalue weighted by molar-refractivity contribution is 0.473. The molecule has 1 heterocycles. The Balaban J connectivity index is 2.00. The van der Waals surface area contributed by atoms with E-state index in [9.17, 15) is 0 Å². The first-order chi connectivity index (χ1) is 10.7. The van der Waals surface area contributed by atoms with E-state index in [1.807, 2.05) is 18.2 Å². The van der Waals surface area contributed by atoms with Crippen LogP contribution >= 0.6 is 0 Å². The Kier molecular flexibility index (Phi) is 2.90. The Morgan fingerprint density at radius 3 is 2.41 bits per heavy atom. The third kappa shape index (κ3) is 1.96. The fourth-order valence-corrected chi connectivity index (χ4v) is 2.96. The molecule has 108 valence electrons. The number of hydrogen-bond donors (Lipinski definition) is 0. The molecule has 0 spiro atoms. The lowest BCUT2D eigenvalue weighted by Crippen LogP contribution is -2.16. The van der Waals surface area contributed by atoms with Gasteiger partial charge in [-0.2, -0.15) is 0 Å². The molecular formula is C20H17NO. The highest BCUT2D eigenvalue weighted by molar-refractivity contribution is 5.86. The standard InChI is InChI=1S/C20H17NO/c1-14-7-5-9-16(13-14)21-17-10-3-4-12-19(17)22-20-15(2)8-6-11-18(20)21/h3-13H,1-2H3. The van der Waals surface area contributed by atoms with Gasteiger partial charge in [0.25, 0.3) is 0 Å². The van der Waals surface area contributed by atoms with Gasteiger partial charge in [-0.15, -0.1) is 0 Å². The maximum absolute atomic E-state index is 6.15. The topological polar surface area (TPSA) is 12.5 Å². The molecular weight excluding hydrogens is 270 g/mol. The molecule has 0 aromatic heterocycles. The fourth-order valence-electron chi connectivity index (χ4n) is 2.96. The Morgan fingerprint density at radius 1 is 0.773 bits per heavy atom. The van der Waals surface area contributed by atoms with Crippen molar-refractivity contribution in [3.05, 3.63) is 77.9 Å². The summed E-state index contributed by atoms with van der Waals surface area (Å²) in [7, 11) is 0. The van der Waals surface area contributed by atoms with Gasteiger partial charge >= 0.3 is 0 Å². The van der Waals surface area contributed by atoms with Gasteiger partial charge in [0.15, 0.2) is 11.5 Å². The van der Waals surface area contributed by atoms with Crippen LogP contribution in [0, 0.1) is 13.8 Å². The Labute approximate surface area is 130 Å². The van der Waals surface area contributed by atoms with Gasteiger partial charge in [-0.25, -0.2) is 0 Å². The Hall–Kier alpha value is -2.74. The molecule has 1 aliphatic heterocycles. The number of fused-ring (bicyclic) bond motifs is 2. The number of aryl methyl sites for hydroxylation is 2. The van der Waals surface area contributed by atoms with Crippen molar-refractivity contribution in [2.45, 2.75) is 13.8 Å². The molecule has 3 aromatic carbocycles. The van der Waals surface area contributed by atoms with Crippen molar-refractivity contribution in [3.63, 3.8) is 0 Å². The molecule has 0 saturated heterocycles. The monoisotopic (exact) mass is 287 g/mol. The summed E-state index contributed by atoms with van der Waals surface area (Å²) in [6, 6.07) is 23.0. The summed E-state index contributed by atoms with van der Waals surface area (Å²) in [4.78, 5) is 2.27. The van der Waals surface area contributed by atoms with Crippen LogP contribution in [0.1, 0.15) is 11.1 Å². The highest BCUT2D eigenvalue weighted by Crippen LogP contribution is 2.51. The largest absolute Gasteiger partial charge is 0.453 e. The van der Waals surface area contributed by atoms with Gasteiger partial charge in [-0.1, -0.05) is 36.4 Å². The van der Waals surface area contributed by atoms with Gasteiger partial charge in [0, 0.05) is 5.69 Å². The molecule has 0 unspecified atom stereocenters. The van der Waals surface area contributed by atoms with Crippen LogP contribution in [0.5, 0.6) is 11.5 Å². The SMILES string of the molecule is Cc1cccc(N2c3ccccc3Oc3c(C)cccc32)c1. The predicted octanol–water partition coefficient (Wildman–Crippen LogP) is 5.88. The van der Waals surface area contributed by atoms with Crippen LogP contribution < -0.4 is 9.64 Å². The summed E-state index contributed by atoms with van der Waals surface area (Å²) >= 11 is 0. The lowest BCUT2D eigenvalue weighted by atomic mass is 10.1. The second-order valence-corrected chi connectivity index (χ2v) is 5.67. The molecule has 2 nitrogen and oxygen atoms in total. The van der Waals surface area contributed by atoms with Crippen molar-refractivity contribution in [3.8, 4) is 11.5 Å². The zero-order chi connectivity index (χ0) is 15.1. The second kappa shape index (κ2) is 4.92. The third-order valence-corrected chi connectivity index (χ3v) is 4.01. The third-order valence-electron chi connectivity index (χ3n) is 4.01. The van der Waals surface area contributed by atoms with Crippen molar-refractivity contribution in [2.75, 3.05) is 4.90 Å². The second-order valence-electron chi connectivity index (χ2n) is 5.67. The van der Waals surface area contributed by atoms with Crippen LogP contribution in [0.3, 0.4) is 0 Å². The zero-order valence-corrected chi connectivity index (χ0v) is 12.7. The van der Waals surface area contributed by atoms with Crippen LogP contribution in [0.25, 0.3) is 0 Å². The average Bonchev–Trinajstić information content (AvgIpc) is 2.53. The van der Waals surface area contributed by atoms with Gasteiger partial charge in [0.1, 0.15) is 0 Å². The fraction of sp³-hybridized carbons (Fsp3) is 0.100. The van der Waals surface area contributed by atoms with Crippen LogP contribution in [0.15, 0.2) is 66.7 Å². The number of benzene rings is 3. The molecule has 1 aliphatic rings.